The molecule has 122 valence electrons. The Balaban J connectivity index is 1.59. The van der Waals surface area contributed by atoms with Crippen molar-refractivity contribution in [3.63, 3.8) is 0 Å². The fraction of sp³-hybridized carbons (Fsp3) is 0.474. The molecule has 1 heterocycles. The molecule has 23 heavy (non-hydrogen) atoms. The van der Waals surface area contributed by atoms with Crippen LogP contribution in [0.15, 0.2) is 24.3 Å². The van der Waals surface area contributed by atoms with E-state index in [1.165, 1.54) is 17.4 Å². The Bertz CT molecular complexity index is 707. The SMILES string of the molecule is CCc1ccc2nc(NCCNC(=O)C3CCC3)c(C)cc2c1. The van der Waals surface area contributed by atoms with Gasteiger partial charge in [0.25, 0.3) is 0 Å². The number of pyridine rings is 1. The molecule has 2 N–H and O–H groups in total. The molecule has 0 unspecified atom stereocenters. The largest absolute Gasteiger partial charge is 0.368 e. The molecule has 0 aliphatic heterocycles. The molecule has 4 heteroatoms. The number of hydrogen-bond donors (Lipinski definition) is 2. The lowest BCUT2D eigenvalue weighted by Crippen LogP contribution is -2.37. The van der Waals surface area contributed by atoms with Crippen LogP contribution in [0, 0.1) is 12.8 Å². The van der Waals surface area contributed by atoms with E-state index in [0.29, 0.717) is 13.1 Å². The van der Waals surface area contributed by atoms with Crippen LogP contribution in [0.25, 0.3) is 10.9 Å². The van der Waals surface area contributed by atoms with Gasteiger partial charge in [0.05, 0.1) is 5.52 Å². The average Bonchev–Trinajstić information content (AvgIpc) is 2.49. The van der Waals surface area contributed by atoms with Crippen molar-refractivity contribution in [3.8, 4) is 0 Å². The first-order valence-corrected chi connectivity index (χ1v) is 8.59. The van der Waals surface area contributed by atoms with Crippen molar-refractivity contribution in [3.05, 3.63) is 35.4 Å². The van der Waals surface area contributed by atoms with Crippen LogP contribution < -0.4 is 10.6 Å². The zero-order valence-corrected chi connectivity index (χ0v) is 14.0. The molecule has 0 atom stereocenters. The summed E-state index contributed by atoms with van der Waals surface area (Å²) in [6, 6.07) is 8.60. The zero-order valence-electron chi connectivity index (χ0n) is 14.0. The monoisotopic (exact) mass is 311 g/mol. The lowest BCUT2D eigenvalue weighted by atomic mass is 9.85. The summed E-state index contributed by atoms with van der Waals surface area (Å²) in [6.07, 6.45) is 4.32. The summed E-state index contributed by atoms with van der Waals surface area (Å²) in [7, 11) is 0. The van der Waals surface area contributed by atoms with Crippen molar-refractivity contribution in [2.75, 3.05) is 18.4 Å². The minimum Gasteiger partial charge on any atom is -0.368 e. The Morgan fingerprint density at radius 1 is 1.26 bits per heavy atom. The summed E-state index contributed by atoms with van der Waals surface area (Å²) in [4.78, 5) is 16.5. The standard InChI is InChI=1S/C19H25N3O/c1-3-14-7-8-17-16(12-14)11-13(2)18(22-17)20-9-10-21-19(23)15-5-4-6-15/h7-8,11-12,15H,3-6,9-10H2,1-2H3,(H,20,22)(H,21,23). The van der Waals surface area contributed by atoms with Crippen molar-refractivity contribution < 1.29 is 4.79 Å². The minimum atomic E-state index is 0.202. The first-order chi connectivity index (χ1) is 11.2. The van der Waals surface area contributed by atoms with Gasteiger partial charge in [-0.2, -0.15) is 0 Å². The molecule has 4 nitrogen and oxygen atoms in total. The summed E-state index contributed by atoms with van der Waals surface area (Å²) >= 11 is 0. The van der Waals surface area contributed by atoms with Gasteiger partial charge in [0.2, 0.25) is 5.91 Å². The van der Waals surface area contributed by atoms with E-state index < -0.39 is 0 Å². The van der Waals surface area contributed by atoms with Crippen molar-refractivity contribution in [1.82, 2.24) is 10.3 Å². The second-order valence-corrected chi connectivity index (χ2v) is 6.38. The van der Waals surface area contributed by atoms with Gasteiger partial charge in [0, 0.05) is 24.4 Å². The zero-order chi connectivity index (χ0) is 16.2. The fourth-order valence-electron chi connectivity index (χ4n) is 2.91. The molecule has 0 radical (unpaired) electrons. The molecule has 0 spiro atoms. The molecule has 0 saturated heterocycles. The third-order valence-electron chi connectivity index (χ3n) is 4.67. The summed E-state index contributed by atoms with van der Waals surface area (Å²) in [5.74, 6) is 1.36. The predicted octanol–water partition coefficient (Wildman–Crippen LogP) is 3.43. The quantitative estimate of drug-likeness (QED) is 0.804. The Morgan fingerprint density at radius 2 is 2.09 bits per heavy atom. The number of fused-ring (bicyclic) bond motifs is 1. The smallest absolute Gasteiger partial charge is 0.223 e. The van der Waals surface area contributed by atoms with Crippen LogP contribution >= 0.6 is 0 Å². The van der Waals surface area contributed by atoms with Crippen LogP contribution in [0.4, 0.5) is 5.82 Å². The summed E-state index contributed by atoms with van der Waals surface area (Å²) in [6.45, 7) is 5.57. The number of anilines is 1. The average molecular weight is 311 g/mol. The van der Waals surface area contributed by atoms with Crippen LogP contribution in [-0.4, -0.2) is 24.0 Å². The second kappa shape index (κ2) is 6.99. The van der Waals surface area contributed by atoms with Gasteiger partial charge in [-0.1, -0.05) is 19.4 Å². The lowest BCUT2D eigenvalue weighted by molar-refractivity contribution is -0.127. The van der Waals surface area contributed by atoms with Gasteiger partial charge in [-0.3, -0.25) is 4.79 Å². The van der Waals surface area contributed by atoms with E-state index in [9.17, 15) is 4.79 Å². The first-order valence-electron chi connectivity index (χ1n) is 8.59. The van der Waals surface area contributed by atoms with Gasteiger partial charge in [-0.05, 0) is 55.5 Å². The van der Waals surface area contributed by atoms with E-state index >= 15 is 0 Å². The van der Waals surface area contributed by atoms with Crippen LogP contribution in [0.3, 0.4) is 0 Å². The maximum absolute atomic E-state index is 11.8. The summed E-state index contributed by atoms with van der Waals surface area (Å²) in [5, 5.41) is 7.52. The highest BCUT2D eigenvalue weighted by molar-refractivity contribution is 5.82. The van der Waals surface area contributed by atoms with Crippen molar-refractivity contribution in [1.29, 1.82) is 0 Å². The number of carbonyl (C=O) groups excluding carboxylic acids is 1. The highest BCUT2D eigenvalue weighted by atomic mass is 16.1. The van der Waals surface area contributed by atoms with Crippen molar-refractivity contribution in [2.24, 2.45) is 5.92 Å². The van der Waals surface area contributed by atoms with E-state index in [2.05, 4.69) is 48.7 Å². The van der Waals surface area contributed by atoms with Crippen molar-refractivity contribution in [2.45, 2.75) is 39.5 Å². The van der Waals surface area contributed by atoms with E-state index in [1.54, 1.807) is 0 Å². The van der Waals surface area contributed by atoms with Gasteiger partial charge >= 0.3 is 0 Å². The highest BCUT2D eigenvalue weighted by Crippen LogP contribution is 2.26. The van der Waals surface area contributed by atoms with Gasteiger partial charge in [0.1, 0.15) is 5.82 Å². The van der Waals surface area contributed by atoms with Gasteiger partial charge in [0.15, 0.2) is 0 Å². The predicted molar refractivity (Wildman–Crippen MR) is 94.7 cm³/mol. The van der Waals surface area contributed by atoms with E-state index in [0.717, 1.165) is 36.2 Å². The molecule has 1 amide bonds. The maximum atomic E-state index is 11.8. The molecule has 1 aliphatic rings. The van der Waals surface area contributed by atoms with Gasteiger partial charge in [-0.25, -0.2) is 4.98 Å². The molecular formula is C19H25N3O. The van der Waals surface area contributed by atoms with Crippen LogP contribution in [0.2, 0.25) is 0 Å². The number of amides is 1. The fourth-order valence-corrected chi connectivity index (χ4v) is 2.91. The Labute approximate surface area is 137 Å². The highest BCUT2D eigenvalue weighted by Gasteiger charge is 2.24. The topological polar surface area (TPSA) is 54.0 Å². The third kappa shape index (κ3) is 3.63. The van der Waals surface area contributed by atoms with Gasteiger partial charge in [-0.15, -0.1) is 0 Å². The Morgan fingerprint density at radius 3 is 2.78 bits per heavy atom. The molecule has 3 rings (SSSR count). The molecule has 1 aromatic heterocycles. The van der Waals surface area contributed by atoms with E-state index in [4.69, 9.17) is 4.98 Å². The molecule has 0 bridgehead atoms. The van der Waals surface area contributed by atoms with Crippen LogP contribution in [0.5, 0.6) is 0 Å². The normalized spacial score (nSPS) is 14.5. The summed E-state index contributed by atoms with van der Waals surface area (Å²) in [5.41, 5.74) is 3.47. The molecule has 1 fully saturated rings. The number of aromatic nitrogens is 1. The second-order valence-electron chi connectivity index (χ2n) is 6.38. The number of benzene rings is 1. The Kier molecular flexibility index (Phi) is 4.79. The molecular weight excluding hydrogens is 286 g/mol. The number of hydrogen-bond acceptors (Lipinski definition) is 3. The van der Waals surface area contributed by atoms with E-state index in [-0.39, 0.29) is 11.8 Å². The van der Waals surface area contributed by atoms with E-state index in [1.807, 2.05) is 0 Å². The molecule has 1 saturated carbocycles. The number of rotatable bonds is 6. The number of carbonyl (C=O) groups is 1. The van der Waals surface area contributed by atoms with Crippen LogP contribution in [0.1, 0.15) is 37.3 Å². The number of nitrogens with zero attached hydrogens (tertiary/aromatic N) is 1. The Hall–Kier alpha value is -2.10. The summed E-state index contributed by atoms with van der Waals surface area (Å²) < 4.78 is 0. The first kappa shape index (κ1) is 15.8. The molecule has 2 aromatic rings. The van der Waals surface area contributed by atoms with Crippen molar-refractivity contribution >= 4 is 22.6 Å². The van der Waals surface area contributed by atoms with Crippen LogP contribution in [-0.2, 0) is 11.2 Å². The van der Waals surface area contributed by atoms with Gasteiger partial charge < -0.3 is 10.6 Å². The lowest BCUT2D eigenvalue weighted by Gasteiger charge is -2.24. The third-order valence-corrected chi connectivity index (χ3v) is 4.67. The molecule has 1 aliphatic carbocycles. The number of nitrogens with one attached hydrogen (secondary N) is 2. The minimum absolute atomic E-state index is 0.202. The number of aryl methyl sites for hydroxylation is 2. The maximum Gasteiger partial charge on any atom is 0.223 e. The molecule has 1 aromatic carbocycles.